The molecule has 0 aromatic heterocycles. The van der Waals surface area contributed by atoms with E-state index >= 15 is 0 Å². The van der Waals surface area contributed by atoms with Gasteiger partial charge in [0.25, 0.3) is 0 Å². The van der Waals surface area contributed by atoms with Crippen LogP contribution in [0.3, 0.4) is 0 Å². The van der Waals surface area contributed by atoms with E-state index in [0.29, 0.717) is 13.0 Å². The molecule has 98 valence electrons. The van der Waals surface area contributed by atoms with E-state index in [1.165, 1.54) is 0 Å². The molecule has 1 aliphatic rings. The van der Waals surface area contributed by atoms with E-state index in [0.717, 1.165) is 0 Å². The predicted octanol–water partition coefficient (Wildman–Crippen LogP) is -1.68. The summed E-state index contributed by atoms with van der Waals surface area (Å²) >= 11 is 0. The summed E-state index contributed by atoms with van der Waals surface area (Å²) in [6.45, 7) is 0.294. The molecule has 1 saturated heterocycles. The lowest BCUT2D eigenvalue weighted by Crippen LogP contribution is -2.48. The first-order valence-electron chi connectivity index (χ1n) is 5.48. The van der Waals surface area contributed by atoms with Crippen LogP contribution in [0, 0.1) is 0 Å². The number of carboxylic acid groups (broad SMARTS) is 1. The summed E-state index contributed by atoms with van der Waals surface area (Å²) in [5.74, 6) is -1.51. The zero-order chi connectivity index (χ0) is 12.8. The number of ether oxygens (including phenoxy) is 1. The number of nitrogens with one attached hydrogen (secondary N) is 2. The molecule has 0 radical (unpaired) electrons. The maximum atomic E-state index is 11.7. The number of methoxy groups -OCH3 is 1. The lowest BCUT2D eigenvalue weighted by Gasteiger charge is -2.16. The molecule has 1 fully saturated rings. The van der Waals surface area contributed by atoms with E-state index in [1.54, 1.807) is 7.11 Å². The number of carbonyl (C=O) groups is 2. The molecule has 0 saturated carbocycles. The monoisotopic (exact) mass is 246 g/mol. The van der Waals surface area contributed by atoms with Gasteiger partial charge in [0.1, 0.15) is 6.04 Å². The molecule has 3 atom stereocenters. The normalized spacial score (nSPS) is 25.5. The third-order valence-corrected chi connectivity index (χ3v) is 2.77. The summed E-state index contributed by atoms with van der Waals surface area (Å²) in [6, 6.07) is -1.48. The second kappa shape index (κ2) is 6.53. The van der Waals surface area contributed by atoms with E-state index in [1.807, 2.05) is 0 Å². The van der Waals surface area contributed by atoms with E-state index in [-0.39, 0.29) is 25.0 Å². The van der Waals surface area contributed by atoms with E-state index in [9.17, 15) is 9.59 Å². The van der Waals surface area contributed by atoms with Crippen LogP contribution in [0.2, 0.25) is 0 Å². The van der Waals surface area contributed by atoms with Crippen LogP contribution in [-0.4, -0.2) is 60.5 Å². The average Bonchev–Trinajstić information content (AvgIpc) is 2.76. The Hall–Kier alpha value is -1.18. The molecule has 3 unspecified atom stereocenters. The van der Waals surface area contributed by atoms with Gasteiger partial charge >= 0.3 is 5.97 Å². The Morgan fingerprint density at radius 3 is 2.76 bits per heavy atom. The van der Waals surface area contributed by atoms with Crippen molar-refractivity contribution >= 4 is 11.9 Å². The smallest absolute Gasteiger partial charge is 0.326 e. The fraction of sp³-hybridized carbons (Fsp3) is 0.800. The quantitative estimate of drug-likeness (QED) is 0.445. The number of aliphatic hydroxyl groups excluding tert-OH is 1. The van der Waals surface area contributed by atoms with Gasteiger partial charge in [-0.15, -0.1) is 0 Å². The molecule has 0 bridgehead atoms. The second-order valence-corrected chi connectivity index (χ2v) is 3.97. The Morgan fingerprint density at radius 1 is 1.59 bits per heavy atom. The third kappa shape index (κ3) is 3.95. The summed E-state index contributed by atoms with van der Waals surface area (Å²) in [5.41, 5.74) is 0. The molecule has 4 N–H and O–H groups in total. The first-order valence-corrected chi connectivity index (χ1v) is 5.48. The highest BCUT2D eigenvalue weighted by Crippen LogP contribution is 2.09. The Balaban J connectivity index is 2.45. The fourth-order valence-corrected chi connectivity index (χ4v) is 1.74. The summed E-state index contributed by atoms with van der Waals surface area (Å²) in [7, 11) is 1.57. The Morgan fingerprint density at radius 2 is 2.29 bits per heavy atom. The van der Waals surface area contributed by atoms with Gasteiger partial charge in [-0.3, -0.25) is 4.79 Å². The molecule has 1 amide bonds. The Kier molecular flexibility index (Phi) is 5.33. The van der Waals surface area contributed by atoms with Crippen molar-refractivity contribution in [3.05, 3.63) is 0 Å². The van der Waals surface area contributed by atoms with Crippen LogP contribution in [0.25, 0.3) is 0 Å². The van der Waals surface area contributed by atoms with Crippen molar-refractivity contribution in [2.45, 2.75) is 31.0 Å². The van der Waals surface area contributed by atoms with Crippen LogP contribution in [0.4, 0.5) is 0 Å². The van der Waals surface area contributed by atoms with Crippen LogP contribution in [0.15, 0.2) is 0 Å². The largest absolute Gasteiger partial charge is 0.480 e. The third-order valence-electron chi connectivity index (χ3n) is 2.77. The molecule has 0 aliphatic carbocycles. The maximum absolute atomic E-state index is 11.7. The maximum Gasteiger partial charge on any atom is 0.326 e. The molecule has 0 aromatic rings. The number of aliphatic carboxylic acids is 1. The zero-order valence-electron chi connectivity index (χ0n) is 9.68. The lowest BCUT2D eigenvalue weighted by atomic mass is 10.1. The van der Waals surface area contributed by atoms with Crippen LogP contribution in [-0.2, 0) is 14.3 Å². The minimum atomic E-state index is -1.14. The molecule has 1 rings (SSSR count). The van der Waals surface area contributed by atoms with Gasteiger partial charge < -0.3 is 25.6 Å². The van der Waals surface area contributed by atoms with Gasteiger partial charge in [0.05, 0.1) is 12.1 Å². The van der Waals surface area contributed by atoms with Crippen molar-refractivity contribution < 1.29 is 24.5 Å². The van der Waals surface area contributed by atoms with Gasteiger partial charge in [0, 0.05) is 26.7 Å². The number of hydrogen-bond donors (Lipinski definition) is 4. The average molecular weight is 246 g/mol. The van der Waals surface area contributed by atoms with E-state index in [2.05, 4.69) is 10.6 Å². The van der Waals surface area contributed by atoms with Crippen molar-refractivity contribution in [3.63, 3.8) is 0 Å². The lowest BCUT2D eigenvalue weighted by molar-refractivity contribution is -0.142. The molecule has 1 aliphatic heterocycles. The molecular weight excluding hydrogens is 228 g/mol. The van der Waals surface area contributed by atoms with Gasteiger partial charge in [0.15, 0.2) is 0 Å². The molecule has 1 heterocycles. The van der Waals surface area contributed by atoms with Crippen molar-refractivity contribution in [2.24, 2.45) is 0 Å². The van der Waals surface area contributed by atoms with Crippen LogP contribution in [0.5, 0.6) is 0 Å². The zero-order valence-corrected chi connectivity index (χ0v) is 9.68. The molecule has 7 nitrogen and oxygen atoms in total. The topological polar surface area (TPSA) is 108 Å². The van der Waals surface area contributed by atoms with Crippen molar-refractivity contribution in [2.75, 3.05) is 20.3 Å². The first kappa shape index (κ1) is 13.9. The number of hydrogen-bond acceptors (Lipinski definition) is 5. The molecule has 0 aromatic carbocycles. The highest BCUT2D eigenvalue weighted by molar-refractivity contribution is 5.87. The minimum Gasteiger partial charge on any atom is -0.480 e. The minimum absolute atomic E-state index is 0.00149. The van der Waals surface area contributed by atoms with Gasteiger partial charge in [-0.05, 0) is 6.42 Å². The Bertz CT molecular complexity index is 284. The van der Waals surface area contributed by atoms with Gasteiger partial charge in [-0.2, -0.15) is 0 Å². The summed E-state index contributed by atoms with van der Waals surface area (Å²) < 4.78 is 5.09. The summed E-state index contributed by atoms with van der Waals surface area (Å²) in [6.07, 6.45) is 0.502. The van der Waals surface area contributed by atoms with Gasteiger partial charge in [-0.1, -0.05) is 0 Å². The second-order valence-electron chi connectivity index (χ2n) is 3.97. The van der Waals surface area contributed by atoms with Crippen molar-refractivity contribution in [3.8, 4) is 0 Å². The van der Waals surface area contributed by atoms with E-state index in [4.69, 9.17) is 14.9 Å². The van der Waals surface area contributed by atoms with Gasteiger partial charge in [-0.25, -0.2) is 4.79 Å². The van der Waals surface area contributed by atoms with Crippen LogP contribution >= 0.6 is 0 Å². The number of carboxylic acids is 1. The highest BCUT2D eigenvalue weighted by atomic mass is 16.5. The van der Waals surface area contributed by atoms with Crippen LogP contribution in [0.1, 0.15) is 12.8 Å². The fourth-order valence-electron chi connectivity index (χ4n) is 1.74. The van der Waals surface area contributed by atoms with Crippen molar-refractivity contribution in [1.29, 1.82) is 0 Å². The highest BCUT2D eigenvalue weighted by Gasteiger charge is 2.31. The molecule has 7 heteroatoms. The van der Waals surface area contributed by atoms with E-state index < -0.39 is 18.1 Å². The number of carbonyl (C=O) groups excluding carboxylic acids is 1. The summed E-state index contributed by atoms with van der Waals surface area (Å²) in [4.78, 5) is 22.5. The van der Waals surface area contributed by atoms with Crippen LogP contribution < -0.4 is 10.6 Å². The number of amides is 1. The predicted molar refractivity (Wildman–Crippen MR) is 58.5 cm³/mol. The first-order chi connectivity index (χ1) is 8.08. The molecule has 17 heavy (non-hydrogen) atoms. The molecule has 0 spiro atoms. The van der Waals surface area contributed by atoms with Gasteiger partial charge in [0.2, 0.25) is 5.91 Å². The number of rotatable bonds is 6. The van der Waals surface area contributed by atoms with Crippen molar-refractivity contribution in [1.82, 2.24) is 10.6 Å². The number of aliphatic hydroxyl groups is 1. The summed E-state index contributed by atoms with van der Waals surface area (Å²) in [5, 5.41) is 22.9. The molecular formula is C10H18N2O5. The Labute approximate surface area is 99.1 Å². The standard InChI is InChI=1S/C10H18N2O5/c1-17-6-4-8(11-5-6)9(14)12-7(2-3-13)10(15)16/h6-8,11,13H,2-5H2,1H3,(H,12,14)(H,15,16). The SMILES string of the molecule is COC1CNC(C(=O)NC(CCO)C(=O)O)C1.